The second-order valence-electron chi connectivity index (χ2n) is 2.81. The van der Waals surface area contributed by atoms with Gasteiger partial charge in [-0.2, -0.15) is 5.10 Å². The summed E-state index contributed by atoms with van der Waals surface area (Å²) in [7, 11) is 0. The van der Waals surface area contributed by atoms with Crippen LogP contribution in [-0.4, -0.2) is 15.7 Å². The van der Waals surface area contributed by atoms with Crippen LogP contribution in [0.25, 0.3) is 0 Å². The van der Waals surface area contributed by atoms with E-state index in [1.807, 2.05) is 0 Å². The highest BCUT2D eigenvalue weighted by atomic mass is 19.3. The van der Waals surface area contributed by atoms with Crippen LogP contribution in [0, 0.1) is 12.3 Å². The van der Waals surface area contributed by atoms with Crippen molar-refractivity contribution in [1.29, 1.82) is 0 Å². The molecule has 0 saturated heterocycles. The zero-order valence-electron chi connectivity index (χ0n) is 6.17. The van der Waals surface area contributed by atoms with E-state index < -0.39 is 12.0 Å². The van der Waals surface area contributed by atoms with E-state index in [9.17, 15) is 8.78 Å². The molecule has 0 N–H and O–H groups in total. The first-order chi connectivity index (χ1) is 5.63. The number of hydrogen-bond donors (Lipinski definition) is 0. The van der Waals surface area contributed by atoms with Gasteiger partial charge in [-0.25, -0.2) is 8.78 Å². The molecule has 0 aromatic carbocycles. The highest BCUT2D eigenvalue weighted by Crippen LogP contribution is 2.51. The molecule has 0 spiro atoms. The van der Waals surface area contributed by atoms with Crippen LogP contribution in [0.4, 0.5) is 8.78 Å². The predicted octanol–water partition coefficient (Wildman–Crippen LogP) is 1.44. The largest absolute Gasteiger partial charge is 0.272 e. The van der Waals surface area contributed by atoms with Crippen LogP contribution in [0.3, 0.4) is 0 Å². The third-order valence-corrected chi connectivity index (χ3v) is 1.87. The monoisotopic (exact) mass is 168 g/mol. The van der Waals surface area contributed by atoms with Gasteiger partial charge < -0.3 is 0 Å². The topological polar surface area (TPSA) is 17.8 Å². The molecule has 12 heavy (non-hydrogen) atoms. The molecule has 1 fully saturated rings. The molecular formula is C8H6F2N2. The summed E-state index contributed by atoms with van der Waals surface area (Å²) in [6.45, 7) is 0. The number of terminal acetylenes is 1. The highest BCUT2D eigenvalue weighted by molar-refractivity contribution is 5.22. The number of hydrogen-bond acceptors (Lipinski definition) is 1. The molecule has 0 bridgehead atoms. The molecule has 1 aromatic rings. The average molecular weight is 168 g/mol. The first-order valence-electron chi connectivity index (χ1n) is 3.53. The molecule has 4 heteroatoms. The molecular weight excluding hydrogens is 162 g/mol. The van der Waals surface area contributed by atoms with Crippen molar-refractivity contribution in [3.05, 3.63) is 18.0 Å². The van der Waals surface area contributed by atoms with Gasteiger partial charge in [0.2, 0.25) is 0 Å². The smallest absolute Gasteiger partial charge is 0.262 e. The van der Waals surface area contributed by atoms with E-state index in [2.05, 4.69) is 11.0 Å². The van der Waals surface area contributed by atoms with Gasteiger partial charge in [-0.1, -0.05) is 0 Å². The Bertz CT molecular complexity index is 348. The van der Waals surface area contributed by atoms with E-state index in [1.54, 1.807) is 6.07 Å². The van der Waals surface area contributed by atoms with Crippen molar-refractivity contribution in [3.8, 4) is 12.3 Å². The predicted molar refractivity (Wildman–Crippen MR) is 38.8 cm³/mol. The van der Waals surface area contributed by atoms with Crippen molar-refractivity contribution in [2.24, 2.45) is 0 Å². The molecule has 1 saturated carbocycles. The van der Waals surface area contributed by atoms with Crippen LogP contribution in [0.1, 0.15) is 18.2 Å². The minimum Gasteiger partial charge on any atom is -0.262 e. The minimum atomic E-state index is -2.59. The van der Waals surface area contributed by atoms with Gasteiger partial charge in [0.05, 0.1) is 0 Å². The van der Waals surface area contributed by atoms with Crippen molar-refractivity contribution >= 4 is 0 Å². The normalized spacial score (nSPS) is 24.9. The number of aromatic nitrogens is 2. The molecule has 2 rings (SSSR count). The van der Waals surface area contributed by atoms with Crippen molar-refractivity contribution in [1.82, 2.24) is 9.78 Å². The van der Waals surface area contributed by atoms with E-state index >= 15 is 0 Å². The lowest BCUT2D eigenvalue weighted by molar-refractivity contribution is 0.0983. The fraction of sp³-hybridized carbons (Fsp3) is 0.375. The number of nitrogens with zero attached hydrogens (tertiary/aromatic N) is 2. The van der Waals surface area contributed by atoms with Crippen molar-refractivity contribution in [2.45, 2.75) is 18.4 Å². The van der Waals surface area contributed by atoms with E-state index in [0.717, 1.165) is 0 Å². The fourth-order valence-electron chi connectivity index (χ4n) is 1.07. The molecule has 0 radical (unpaired) electrons. The van der Waals surface area contributed by atoms with Crippen LogP contribution in [0.15, 0.2) is 12.3 Å². The maximum absolute atomic E-state index is 12.5. The Morgan fingerprint density at radius 2 is 2.42 bits per heavy atom. The van der Waals surface area contributed by atoms with Gasteiger partial charge in [0.15, 0.2) is 0 Å². The molecule has 1 aliphatic carbocycles. The summed E-state index contributed by atoms with van der Waals surface area (Å²) in [5.41, 5.74) is 0.401. The molecule has 62 valence electrons. The average Bonchev–Trinajstić information content (AvgIpc) is 2.52. The highest BCUT2D eigenvalue weighted by Gasteiger charge is 2.59. The van der Waals surface area contributed by atoms with Gasteiger partial charge in [-0.15, -0.1) is 6.42 Å². The molecule has 0 amide bonds. The summed E-state index contributed by atoms with van der Waals surface area (Å²) in [5.74, 6) is -0.305. The molecule has 1 aromatic heterocycles. The molecule has 0 aliphatic heterocycles. The Labute approximate surface area is 68.2 Å². The van der Waals surface area contributed by atoms with Gasteiger partial charge in [0.1, 0.15) is 11.7 Å². The summed E-state index contributed by atoms with van der Waals surface area (Å²) in [6.07, 6.45) is 6.40. The second kappa shape index (κ2) is 2.07. The van der Waals surface area contributed by atoms with Crippen LogP contribution in [-0.2, 0) is 0 Å². The Hall–Kier alpha value is -1.37. The summed E-state index contributed by atoms with van der Waals surface area (Å²) in [5, 5.41) is 3.79. The third kappa shape index (κ3) is 0.981. The van der Waals surface area contributed by atoms with Gasteiger partial charge in [0.25, 0.3) is 5.92 Å². The fourth-order valence-corrected chi connectivity index (χ4v) is 1.07. The van der Waals surface area contributed by atoms with Crippen molar-refractivity contribution in [3.63, 3.8) is 0 Å². The van der Waals surface area contributed by atoms with Gasteiger partial charge in [-0.3, -0.25) is 4.68 Å². The van der Waals surface area contributed by atoms with Gasteiger partial charge >= 0.3 is 0 Å². The summed E-state index contributed by atoms with van der Waals surface area (Å²) < 4.78 is 26.2. The molecule has 1 atom stereocenters. The Kier molecular flexibility index (Phi) is 1.26. The second-order valence-corrected chi connectivity index (χ2v) is 2.81. The summed E-state index contributed by atoms with van der Waals surface area (Å²) in [4.78, 5) is 0. The SMILES string of the molecule is C#Cc1ccn(C2CC2(F)F)n1. The van der Waals surface area contributed by atoms with Crippen LogP contribution in [0.5, 0.6) is 0 Å². The third-order valence-electron chi connectivity index (χ3n) is 1.87. The molecule has 2 nitrogen and oxygen atoms in total. The molecule has 1 heterocycles. The number of alkyl halides is 2. The van der Waals surface area contributed by atoms with Crippen molar-refractivity contribution < 1.29 is 8.78 Å². The van der Waals surface area contributed by atoms with E-state index in [0.29, 0.717) is 5.69 Å². The maximum atomic E-state index is 12.5. The standard InChI is InChI=1S/C8H6F2N2/c1-2-6-3-4-12(11-6)7-5-8(7,9)10/h1,3-4,7H,5H2. The zero-order chi connectivity index (χ0) is 8.77. The van der Waals surface area contributed by atoms with Crippen LogP contribution in [0.2, 0.25) is 0 Å². The summed E-state index contributed by atoms with van der Waals surface area (Å²) in [6, 6.07) is 0.772. The number of halogens is 2. The Morgan fingerprint density at radius 1 is 1.75 bits per heavy atom. The van der Waals surface area contributed by atoms with Crippen molar-refractivity contribution in [2.75, 3.05) is 0 Å². The lowest BCUT2D eigenvalue weighted by Crippen LogP contribution is -2.02. The first kappa shape index (κ1) is 7.29. The Balaban J connectivity index is 2.22. The quantitative estimate of drug-likeness (QED) is 0.580. The minimum absolute atomic E-state index is 0.126. The summed E-state index contributed by atoms with van der Waals surface area (Å²) >= 11 is 0. The molecule has 1 aliphatic rings. The van der Waals surface area contributed by atoms with Gasteiger partial charge in [-0.05, 0) is 12.0 Å². The van der Waals surface area contributed by atoms with Gasteiger partial charge in [0, 0.05) is 12.6 Å². The van der Waals surface area contributed by atoms with Crippen LogP contribution < -0.4 is 0 Å². The number of rotatable bonds is 1. The molecule has 1 unspecified atom stereocenters. The van der Waals surface area contributed by atoms with E-state index in [4.69, 9.17) is 6.42 Å². The van der Waals surface area contributed by atoms with E-state index in [1.165, 1.54) is 10.9 Å². The van der Waals surface area contributed by atoms with E-state index in [-0.39, 0.29) is 6.42 Å². The van der Waals surface area contributed by atoms with Crippen LogP contribution >= 0.6 is 0 Å². The lowest BCUT2D eigenvalue weighted by atomic mass is 10.5. The maximum Gasteiger partial charge on any atom is 0.272 e. The lowest BCUT2D eigenvalue weighted by Gasteiger charge is -1.96. The zero-order valence-corrected chi connectivity index (χ0v) is 6.17. The Morgan fingerprint density at radius 3 is 2.83 bits per heavy atom. The first-order valence-corrected chi connectivity index (χ1v) is 3.53.